The summed E-state index contributed by atoms with van der Waals surface area (Å²) in [6.07, 6.45) is 8.60. The summed E-state index contributed by atoms with van der Waals surface area (Å²) in [7, 11) is 0. The lowest BCUT2D eigenvalue weighted by Crippen LogP contribution is -2.60. The van der Waals surface area contributed by atoms with Crippen LogP contribution in [0.15, 0.2) is 30.3 Å². The Labute approximate surface area is 186 Å². The average molecular weight is 427 g/mol. The molecule has 31 heavy (non-hydrogen) atoms. The molecule has 0 radical (unpaired) electrons. The number of nitrogens with one attached hydrogen (secondary N) is 2. The molecule has 0 aromatic heterocycles. The number of carbonyl (C=O) groups is 2. The standard InChI is InChI=1S/C26H38N2O3/c1-18(2)8-23(16-27-25(30)31-17-19-6-4-3-5-7-19)12-24(29)28-26-13-20-9-21(14-26)11-22(10-20)15-26/h3-7,18,20-23H,8-17H2,1-2H3,(H,27,30)(H,28,29)/t20?,21?,22?,23-,26?/m0/s1. The van der Waals surface area contributed by atoms with Crippen LogP contribution in [0, 0.1) is 29.6 Å². The lowest BCUT2D eigenvalue weighted by atomic mass is 9.53. The van der Waals surface area contributed by atoms with Crippen molar-refractivity contribution in [2.75, 3.05) is 6.54 Å². The molecule has 2 N–H and O–H groups in total. The molecule has 5 heteroatoms. The maximum absolute atomic E-state index is 13.0. The highest BCUT2D eigenvalue weighted by Gasteiger charge is 2.51. The van der Waals surface area contributed by atoms with Crippen molar-refractivity contribution < 1.29 is 14.3 Å². The fraction of sp³-hybridized carbons (Fsp3) is 0.692. The van der Waals surface area contributed by atoms with Crippen molar-refractivity contribution in [2.45, 2.75) is 77.4 Å². The number of ether oxygens (including phenoxy) is 1. The highest BCUT2D eigenvalue weighted by atomic mass is 16.5. The van der Waals surface area contributed by atoms with Crippen LogP contribution in [0.25, 0.3) is 0 Å². The van der Waals surface area contributed by atoms with Crippen molar-refractivity contribution in [1.29, 1.82) is 0 Å². The molecule has 5 rings (SSSR count). The van der Waals surface area contributed by atoms with Crippen molar-refractivity contribution in [2.24, 2.45) is 29.6 Å². The van der Waals surface area contributed by atoms with E-state index in [-0.39, 0.29) is 24.0 Å². The molecule has 0 spiro atoms. The Morgan fingerprint density at radius 3 is 2.23 bits per heavy atom. The molecule has 5 nitrogen and oxygen atoms in total. The number of hydrogen-bond donors (Lipinski definition) is 2. The Bertz CT molecular complexity index is 726. The van der Waals surface area contributed by atoms with Crippen LogP contribution in [0.3, 0.4) is 0 Å². The number of benzene rings is 1. The van der Waals surface area contributed by atoms with Crippen molar-refractivity contribution in [3.8, 4) is 0 Å². The van der Waals surface area contributed by atoms with Crippen LogP contribution in [0.5, 0.6) is 0 Å². The highest BCUT2D eigenvalue weighted by Crippen LogP contribution is 2.55. The van der Waals surface area contributed by atoms with Crippen molar-refractivity contribution in [3.05, 3.63) is 35.9 Å². The van der Waals surface area contributed by atoms with Crippen molar-refractivity contribution >= 4 is 12.0 Å². The molecule has 4 aliphatic carbocycles. The lowest BCUT2D eigenvalue weighted by molar-refractivity contribution is -0.127. The van der Waals surface area contributed by atoms with Gasteiger partial charge in [-0.15, -0.1) is 0 Å². The molecule has 0 saturated heterocycles. The first-order chi connectivity index (χ1) is 14.9. The van der Waals surface area contributed by atoms with Gasteiger partial charge in [0.2, 0.25) is 5.91 Å². The van der Waals surface area contributed by atoms with Gasteiger partial charge in [-0.2, -0.15) is 0 Å². The SMILES string of the molecule is CC(C)C[C@H](CNC(=O)OCc1ccccc1)CC(=O)NC12CC3CC(CC(C3)C1)C2. The zero-order chi connectivity index (χ0) is 21.8. The predicted molar refractivity (Wildman–Crippen MR) is 121 cm³/mol. The minimum Gasteiger partial charge on any atom is -0.445 e. The molecular formula is C26H38N2O3. The molecule has 4 aliphatic rings. The topological polar surface area (TPSA) is 67.4 Å². The highest BCUT2D eigenvalue weighted by molar-refractivity contribution is 5.77. The molecular weight excluding hydrogens is 388 g/mol. The minimum absolute atomic E-state index is 0.0518. The third-order valence-corrected chi connectivity index (χ3v) is 7.47. The number of rotatable bonds is 9. The average Bonchev–Trinajstić information content (AvgIpc) is 2.69. The first-order valence-corrected chi connectivity index (χ1v) is 12.1. The second-order valence-corrected chi connectivity index (χ2v) is 10.9. The summed E-state index contributed by atoms with van der Waals surface area (Å²) in [6, 6.07) is 9.66. The molecule has 170 valence electrons. The normalized spacial score (nSPS) is 29.6. The molecule has 0 unspecified atom stereocenters. The fourth-order valence-electron chi connectivity index (χ4n) is 6.78. The van der Waals surface area contributed by atoms with Gasteiger partial charge in [0.05, 0.1) is 0 Å². The number of carbonyl (C=O) groups excluding carboxylic acids is 2. The van der Waals surface area contributed by atoms with E-state index < -0.39 is 6.09 Å². The molecule has 4 bridgehead atoms. The summed E-state index contributed by atoms with van der Waals surface area (Å²) in [5.41, 5.74) is 1.02. The maximum atomic E-state index is 13.0. The lowest BCUT2D eigenvalue weighted by Gasteiger charge is -2.57. The largest absolute Gasteiger partial charge is 0.445 e. The van der Waals surface area contributed by atoms with Crippen LogP contribution in [-0.2, 0) is 16.1 Å². The Morgan fingerprint density at radius 1 is 1.03 bits per heavy atom. The van der Waals surface area contributed by atoms with E-state index in [2.05, 4.69) is 24.5 Å². The second-order valence-electron chi connectivity index (χ2n) is 10.9. The zero-order valence-electron chi connectivity index (χ0n) is 19.1. The molecule has 1 aromatic carbocycles. The van der Waals surface area contributed by atoms with Crippen LogP contribution in [0.1, 0.15) is 70.8 Å². The van der Waals surface area contributed by atoms with Gasteiger partial charge in [0.25, 0.3) is 0 Å². The van der Waals surface area contributed by atoms with Gasteiger partial charge in [0.1, 0.15) is 6.61 Å². The third-order valence-electron chi connectivity index (χ3n) is 7.47. The molecule has 4 saturated carbocycles. The van der Waals surface area contributed by atoms with Crippen molar-refractivity contribution in [3.63, 3.8) is 0 Å². The molecule has 1 atom stereocenters. The van der Waals surface area contributed by atoms with Gasteiger partial charge in [0, 0.05) is 18.5 Å². The first kappa shape index (κ1) is 22.2. The monoisotopic (exact) mass is 426 g/mol. The van der Waals surface area contributed by atoms with E-state index in [0.29, 0.717) is 18.9 Å². The summed E-state index contributed by atoms with van der Waals surface area (Å²) in [5, 5.41) is 6.36. The van der Waals surface area contributed by atoms with Crippen LogP contribution < -0.4 is 10.6 Å². The minimum atomic E-state index is -0.417. The summed E-state index contributed by atoms with van der Waals surface area (Å²) in [5.74, 6) is 3.21. The van der Waals surface area contributed by atoms with Crippen LogP contribution in [0.4, 0.5) is 4.79 Å². The molecule has 0 aliphatic heterocycles. The summed E-state index contributed by atoms with van der Waals surface area (Å²) in [6.45, 7) is 5.06. The number of amides is 2. The Balaban J connectivity index is 1.25. The van der Waals surface area contributed by atoms with E-state index in [1.165, 1.54) is 38.5 Å². The zero-order valence-corrected chi connectivity index (χ0v) is 19.1. The maximum Gasteiger partial charge on any atom is 0.407 e. The van der Waals surface area contributed by atoms with Gasteiger partial charge in [-0.05, 0) is 80.1 Å². The Hall–Kier alpha value is -2.04. The molecule has 0 heterocycles. The van der Waals surface area contributed by atoms with E-state index in [9.17, 15) is 9.59 Å². The third kappa shape index (κ3) is 6.02. The molecule has 1 aromatic rings. The Morgan fingerprint density at radius 2 is 1.65 bits per heavy atom. The molecule has 4 fully saturated rings. The van der Waals surface area contributed by atoms with Gasteiger partial charge >= 0.3 is 6.09 Å². The van der Waals surface area contributed by atoms with Crippen LogP contribution in [0.2, 0.25) is 0 Å². The second kappa shape index (κ2) is 9.62. The van der Waals surface area contributed by atoms with Gasteiger partial charge < -0.3 is 15.4 Å². The van der Waals surface area contributed by atoms with E-state index in [0.717, 1.165) is 29.7 Å². The fourth-order valence-corrected chi connectivity index (χ4v) is 6.78. The van der Waals surface area contributed by atoms with Crippen LogP contribution in [-0.4, -0.2) is 24.1 Å². The number of hydrogen-bond acceptors (Lipinski definition) is 3. The van der Waals surface area contributed by atoms with E-state index in [4.69, 9.17) is 4.74 Å². The summed E-state index contributed by atoms with van der Waals surface area (Å²) >= 11 is 0. The Kier molecular flexibility index (Phi) is 6.88. The predicted octanol–water partition coefficient (Wildman–Crippen LogP) is 5.05. The van der Waals surface area contributed by atoms with Crippen LogP contribution >= 0.6 is 0 Å². The van der Waals surface area contributed by atoms with E-state index in [1.54, 1.807) is 0 Å². The number of alkyl carbamates (subject to hydrolysis) is 1. The van der Waals surface area contributed by atoms with Crippen molar-refractivity contribution in [1.82, 2.24) is 10.6 Å². The van der Waals surface area contributed by atoms with E-state index >= 15 is 0 Å². The van der Waals surface area contributed by atoms with Gasteiger partial charge in [-0.3, -0.25) is 4.79 Å². The van der Waals surface area contributed by atoms with Gasteiger partial charge in [0.15, 0.2) is 0 Å². The van der Waals surface area contributed by atoms with E-state index in [1.807, 2.05) is 30.3 Å². The summed E-state index contributed by atoms with van der Waals surface area (Å²) in [4.78, 5) is 25.2. The smallest absolute Gasteiger partial charge is 0.407 e. The quantitative estimate of drug-likeness (QED) is 0.581. The summed E-state index contributed by atoms with van der Waals surface area (Å²) < 4.78 is 5.33. The van der Waals surface area contributed by atoms with Gasteiger partial charge in [-0.25, -0.2) is 4.79 Å². The molecule has 2 amide bonds. The van der Waals surface area contributed by atoms with Gasteiger partial charge in [-0.1, -0.05) is 44.2 Å². The first-order valence-electron chi connectivity index (χ1n) is 12.1.